The molecule has 0 atom stereocenters. The molecule has 6 heteroatoms. The molecule has 1 heterocycles. The van der Waals surface area contributed by atoms with E-state index in [9.17, 15) is 4.79 Å². The molecule has 0 saturated carbocycles. The monoisotopic (exact) mass is 268 g/mol. The third-order valence-electron chi connectivity index (χ3n) is 2.92. The molecule has 0 aliphatic rings. The minimum atomic E-state index is -0.451. The molecule has 3 aromatic rings. The van der Waals surface area contributed by atoms with Gasteiger partial charge in [0, 0.05) is 5.69 Å². The Morgan fingerprint density at radius 3 is 2.55 bits per heavy atom. The van der Waals surface area contributed by atoms with Crippen LogP contribution in [-0.2, 0) is 0 Å². The average molecular weight is 268 g/mol. The molecule has 0 aliphatic heterocycles. The largest absolute Gasteiger partial charge is 0.497 e. The molecule has 0 bridgehead atoms. The predicted molar refractivity (Wildman–Crippen MR) is 76.1 cm³/mol. The quantitative estimate of drug-likeness (QED) is 0.710. The van der Waals surface area contributed by atoms with Gasteiger partial charge in [0.05, 0.1) is 18.3 Å². The van der Waals surface area contributed by atoms with E-state index in [1.165, 1.54) is 4.68 Å². The molecular formula is C14H12N4O2. The molecular weight excluding hydrogens is 256 g/mol. The number of nitrogens with two attached hydrogens (primary N) is 1. The molecule has 0 fully saturated rings. The molecule has 0 amide bonds. The first-order valence-corrected chi connectivity index (χ1v) is 5.98. The van der Waals surface area contributed by atoms with E-state index in [0.717, 1.165) is 0 Å². The zero-order chi connectivity index (χ0) is 14.1. The summed E-state index contributed by atoms with van der Waals surface area (Å²) in [4.78, 5) is 16.0. The van der Waals surface area contributed by atoms with Crippen LogP contribution in [0.25, 0.3) is 16.7 Å². The number of methoxy groups -OCH3 is 1. The van der Waals surface area contributed by atoms with E-state index in [4.69, 9.17) is 10.5 Å². The summed E-state index contributed by atoms with van der Waals surface area (Å²) in [6.45, 7) is 0. The van der Waals surface area contributed by atoms with E-state index in [0.29, 0.717) is 28.2 Å². The maximum Gasteiger partial charge on any atom is 0.369 e. The average Bonchev–Trinajstić information content (AvgIpc) is 2.46. The molecule has 6 nitrogen and oxygen atoms in total. The Balaban J connectivity index is 2.17. The number of hydrogen-bond donors (Lipinski definition) is 1. The number of benzene rings is 2. The van der Waals surface area contributed by atoms with Crippen LogP contribution in [0.15, 0.2) is 47.3 Å². The molecule has 2 aromatic carbocycles. The minimum Gasteiger partial charge on any atom is -0.497 e. The molecule has 0 spiro atoms. The van der Waals surface area contributed by atoms with Gasteiger partial charge >= 0.3 is 5.69 Å². The smallest absolute Gasteiger partial charge is 0.369 e. The lowest BCUT2D eigenvalue weighted by Gasteiger charge is -2.06. The number of ether oxygens (including phenoxy) is 1. The van der Waals surface area contributed by atoms with Gasteiger partial charge < -0.3 is 10.5 Å². The van der Waals surface area contributed by atoms with Gasteiger partial charge in [0.15, 0.2) is 0 Å². The zero-order valence-corrected chi connectivity index (χ0v) is 10.8. The van der Waals surface area contributed by atoms with Crippen molar-refractivity contribution in [2.45, 2.75) is 0 Å². The number of fused-ring (bicyclic) bond motifs is 1. The highest BCUT2D eigenvalue weighted by Gasteiger charge is 2.06. The SMILES string of the molecule is COc1ccc(-n2nc3ccc(N)cc3nc2=O)cc1. The molecule has 2 N–H and O–H groups in total. The van der Waals surface area contributed by atoms with Crippen LogP contribution < -0.4 is 16.2 Å². The number of rotatable bonds is 2. The number of anilines is 1. The lowest BCUT2D eigenvalue weighted by atomic mass is 10.3. The fourth-order valence-corrected chi connectivity index (χ4v) is 1.91. The second-order valence-corrected chi connectivity index (χ2v) is 4.25. The van der Waals surface area contributed by atoms with Gasteiger partial charge in [-0.1, -0.05) is 0 Å². The van der Waals surface area contributed by atoms with E-state index in [1.54, 1.807) is 49.6 Å². The summed E-state index contributed by atoms with van der Waals surface area (Å²) >= 11 is 0. The van der Waals surface area contributed by atoms with Gasteiger partial charge in [0.25, 0.3) is 0 Å². The summed E-state index contributed by atoms with van der Waals surface area (Å²) in [5, 5.41) is 4.29. The van der Waals surface area contributed by atoms with Crippen LogP contribution in [-0.4, -0.2) is 21.9 Å². The zero-order valence-electron chi connectivity index (χ0n) is 10.8. The van der Waals surface area contributed by atoms with Gasteiger partial charge in [-0.05, 0) is 42.5 Å². The van der Waals surface area contributed by atoms with Crippen molar-refractivity contribution in [2.24, 2.45) is 0 Å². The number of aromatic nitrogens is 3. The van der Waals surface area contributed by atoms with Crippen LogP contribution in [0.1, 0.15) is 0 Å². The topological polar surface area (TPSA) is 83.0 Å². The first kappa shape index (κ1) is 12.2. The summed E-state index contributed by atoms with van der Waals surface area (Å²) in [6.07, 6.45) is 0. The standard InChI is InChI=1S/C14H12N4O2/c1-20-11-5-3-10(4-6-11)18-14(19)16-13-8-9(15)2-7-12(13)17-18/h2-8H,15H2,1H3. The third-order valence-corrected chi connectivity index (χ3v) is 2.92. The van der Waals surface area contributed by atoms with Gasteiger partial charge in [0.2, 0.25) is 0 Å². The first-order chi connectivity index (χ1) is 9.67. The highest BCUT2D eigenvalue weighted by molar-refractivity contribution is 5.77. The molecule has 0 radical (unpaired) electrons. The summed E-state index contributed by atoms with van der Waals surface area (Å²) in [5.74, 6) is 0.711. The lowest BCUT2D eigenvalue weighted by Crippen LogP contribution is -2.23. The maximum absolute atomic E-state index is 12.0. The summed E-state index contributed by atoms with van der Waals surface area (Å²) in [6, 6.07) is 12.1. The van der Waals surface area contributed by atoms with Gasteiger partial charge in [-0.2, -0.15) is 14.8 Å². The number of hydrogen-bond acceptors (Lipinski definition) is 5. The Labute approximate surface area is 114 Å². The Kier molecular flexibility index (Phi) is 2.83. The maximum atomic E-state index is 12.0. The fraction of sp³-hybridized carbons (Fsp3) is 0.0714. The highest BCUT2D eigenvalue weighted by Crippen LogP contribution is 2.15. The van der Waals surface area contributed by atoms with E-state index < -0.39 is 5.69 Å². The van der Waals surface area contributed by atoms with Crippen molar-refractivity contribution in [1.29, 1.82) is 0 Å². The van der Waals surface area contributed by atoms with Crippen molar-refractivity contribution in [3.8, 4) is 11.4 Å². The van der Waals surface area contributed by atoms with Crippen molar-refractivity contribution in [2.75, 3.05) is 12.8 Å². The number of nitrogen functional groups attached to an aromatic ring is 1. The first-order valence-electron chi connectivity index (χ1n) is 5.98. The van der Waals surface area contributed by atoms with Gasteiger partial charge in [0.1, 0.15) is 11.3 Å². The second-order valence-electron chi connectivity index (χ2n) is 4.25. The minimum absolute atomic E-state index is 0.451. The van der Waals surface area contributed by atoms with Crippen molar-refractivity contribution in [3.05, 3.63) is 52.9 Å². The predicted octanol–water partition coefficient (Wildman–Crippen LogP) is 1.37. The summed E-state index contributed by atoms with van der Waals surface area (Å²) in [7, 11) is 1.58. The Morgan fingerprint density at radius 2 is 1.85 bits per heavy atom. The Hall–Kier alpha value is -2.89. The third kappa shape index (κ3) is 2.07. The van der Waals surface area contributed by atoms with Crippen LogP contribution in [0, 0.1) is 0 Å². The van der Waals surface area contributed by atoms with E-state index in [-0.39, 0.29) is 0 Å². The normalized spacial score (nSPS) is 10.7. The van der Waals surface area contributed by atoms with Crippen LogP contribution >= 0.6 is 0 Å². The van der Waals surface area contributed by atoms with Crippen LogP contribution in [0.2, 0.25) is 0 Å². The molecule has 0 unspecified atom stereocenters. The van der Waals surface area contributed by atoms with Gasteiger partial charge in [-0.25, -0.2) is 4.79 Å². The lowest BCUT2D eigenvalue weighted by molar-refractivity contribution is 0.414. The van der Waals surface area contributed by atoms with Crippen molar-refractivity contribution in [3.63, 3.8) is 0 Å². The van der Waals surface area contributed by atoms with E-state index in [1.807, 2.05) is 0 Å². The molecule has 20 heavy (non-hydrogen) atoms. The molecule has 1 aromatic heterocycles. The summed E-state index contributed by atoms with van der Waals surface area (Å²) < 4.78 is 6.33. The fourth-order valence-electron chi connectivity index (χ4n) is 1.91. The van der Waals surface area contributed by atoms with Crippen molar-refractivity contribution in [1.82, 2.24) is 14.8 Å². The second kappa shape index (κ2) is 4.65. The Bertz CT molecular complexity index is 825. The number of nitrogens with zero attached hydrogens (tertiary/aromatic N) is 3. The molecule has 0 saturated heterocycles. The highest BCUT2D eigenvalue weighted by atomic mass is 16.5. The van der Waals surface area contributed by atoms with Gasteiger partial charge in [-0.3, -0.25) is 0 Å². The van der Waals surface area contributed by atoms with E-state index in [2.05, 4.69) is 10.1 Å². The van der Waals surface area contributed by atoms with Crippen molar-refractivity contribution >= 4 is 16.7 Å². The molecule has 0 aliphatic carbocycles. The van der Waals surface area contributed by atoms with Crippen molar-refractivity contribution < 1.29 is 4.74 Å². The Morgan fingerprint density at radius 1 is 1.10 bits per heavy atom. The van der Waals surface area contributed by atoms with Crippen LogP contribution in [0.5, 0.6) is 5.75 Å². The van der Waals surface area contributed by atoms with Crippen LogP contribution in [0.4, 0.5) is 5.69 Å². The van der Waals surface area contributed by atoms with Gasteiger partial charge in [-0.15, -0.1) is 0 Å². The molecule has 100 valence electrons. The van der Waals surface area contributed by atoms with E-state index >= 15 is 0 Å². The molecule has 3 rings (SSSR count). The van der Waals surface area contributed by atoms with Crippen LogP contribution in [0.3, 0.4) is 0 Å². The summed E-state index contributed by atoms with van der Waals surface area (Å²) in [5.41, 5.74) is 7.48.